The molecule has 0 spiro atoms. The van der Waals surface area contributed by atoms with E-state index in [0.717, 1.165) is 12.8 Å². The first-order chi connectivity index (χ1) is 7.69. The first kappa shape index (κ1) is 13.0. The molecular weight excluding hydrogens is 208 g/mol. The summed E-state index contributed by atoms with van der Waals surface area (Å²) in [4.78, 5) is 23.1. The lowest BCUT2D eigenvalue weighted by molar-refractivity contribution is -0.161. The molecule has 0 saturated heterocycles. The van der Waals surface area contributed by atoms with Gasteiger partial charge in [0.15, 0.2) is 5.92 Å². The second-order valence-corrected chi connectivity index (χ2v) is 4.21. The van der Waals surface area contributed by atoms with Gasteiger partial charge in [-0.1, -0.05) is 25.7 Å². The van der Waals surface area contributed by atoms with Crippen molar-refractivity contribution in [2.24, 2.45) is 11.8 Å². The predicted molar refractivity (Wildman–Crippen MR) is 58.7 cm³/mol. The summed E-state index contributed by atoms with van der Waals surface area (Å²) < 4.78 is 9.55. The first-order valence-corrected chi connectivity index (χ1v) is 5.93. The van der Waals surface area contributed by atoms with Gasteiger partial charge in [0.1, 0.15) is 0 Å². The number of methoxy groups -OCH3 is 1. The van der Waals surface area contributed by atoms with E-state index in [9.17, 15) is 9.59 Å². The Morgan fingerprint density at radius 3 is 2.38 bits per heavy atom. The zero-order valence-corrected chi connectivity index (χ0v) is 10.0. The van der Waals surface area contributed by atoms with Gasteiger partial charge in [0.25, 0.3) is 0 Å². The minimum atomic E-state index is -0.729. The van der Waals surface area contributed by atoms with Crippen LogP contribution >= 0.6 is 0 Å². The van der Waals surface area contributed by atoms with Gasteiger partial charge in [0.05, 0.1) is 13.7 Å². The van der Waals surface area contributed by atoms with Crippen molar-refractivity contribution in [2.45, 2.75) is 39.0 Å². The highest BCUT2D eigenvalue weighted by Gasteiger charge is 2.32. The van der Waals surface area contributed by atoms with Crippen molar-refractivity contribution in [2.75, 3.05) is 13.7 Å². The van der Waals surface area contributed by atoms with E-state index in [-0.39, 0.29) is 0 Å². The standard InChI is InChI=1S/C12H20O4/c1-3-16-12(14)10(11(13)15-2)8-9-6-4-5-7-9/h9-10H,3-8H2,1-2H3. The van der Waals surface area contributed by atoms with Crippen molar-refractivity contribution >= 4 is 11.9 Å². The van der Waals surface area contributed by atoms with Crippen LogP contribution < -0.4 is 0 Å². The third-order valence-electron chi connectivity index (χ3n) is 3.10. The van der Waals surface area contributed by atoms with Gasteiger partial charge in [-0.25, -0.2) is 0 Å². The van der Waals surface area contributed by atoms with E-state index >= 15 is 0 Å². The molecule has 0 amide bonds. The number of rotatable bonds is 5. The van der Waals surface area contributed by atoms with Crippen LogP contribution in [0.1, 0.15) is 39.0 Å². The van der Waals surface area contributed by atoms with Crippen molar-refractivity contribution in [3.05, 3.63) is 0 Å². The molecule has 1 aliphatic rings. The minimum absolute atomic E-state index is 0.303. The van der Waals surface area contributed by atoms with Crippen LogP contribution in [0.5, 0.6) is 0 Å². The lowest BCUT2D eigenvalue weighted by atomic mass is 9.93. The largest absolute Gasteiger partial charge is 0.468 e. The Balaban J connectivity index is 2.55. The average molecular weight is 228 g/mol. The molecule has 0 aliphatic heterocycles. The molecule has 0 bridgehead atoms. The van der Waals surface area contributed by atoms with E-state index in [1.165, 1.54) is 20.0 Å². The Kier molecular flexibility index (Phi) is 5.29. The van der Waals surface area contributed by atoms with Crippen LogP contribution in [0.2, 0.25) is 0 Å². The zero-order valence-electron chi connectivity index (χ0n) is 10.0. The van der Waals surface area contributed by atoms with Gasteiger partial charge in [0.2, 0.25) is 0 Å². The minimum Gasteiger partial charge on any atom is -0.468 e. The molecule has 1 fully saturated rings. The van der Waals surface area contributed by atoms with Gasteiger partial charge in [-0.2, -0.15) is 0 Å². The maximum absolute atomic E-state index is 11.6. The topological polar surface area (TPSA) is 52.6 Å². The highest BCUT2D eigenvalue weighted by molar-refractivity contribution is 5.94. The fourth-order valence-corrected chi connectivity index (χ4v) is 2.25. The summed E-state index contributed by atoms with van der Waals surface area (Å²) in [5.74, 6) is -1.17. The van der Waals surface area contributed by atoms with Gasteiger partial charge >= 0.3 is 11.9 Å². The van der Waals surface area contributed by atoms with E-state index in [4.69, 9.17) is 4.74 Å². The molecule has 1 atom stereocenters. The summed E-state index contributed by atoms with van der Waals surface area (Å²) in [7, 11) is 1.31. The number of carbonyl (C=O) groups is 2. The van der Waals surface area contributed by atoms with Gasteiger partial charge in [-0.15, -0.1) is 0 Å². The number of ether oxygens (including phenoxy) is 2. The molecule has 4 nitrogen and oxygen atoms in total. The lowest BCUT2D eigenvalue weighted by Crippen LogP contribution is -2.29. The molecular formula is C12H20O4. The molecule has 4 heteroatoms. The number of hydrogen-bond acceptors (Lipinski definition) is 4. The SMILES string of the molecule is CCOC(=O)C(CC1CCCC1)C(=O)OC. The highest BCUT2D eigenvalue weighted by atomic mass is 16.5. The Bertz CT molecular complexity index is 243. The van der Waals surface area contributed by atoms with Crippen LogP contribution in [0, 0.1) is 11.8 Å². The zero-order chi connectivity index (χ0) is 12.0. The van der Waals surface area contributed by atoms with Crippen LogP contribution in [0.3, 0.4) is 0 Å². The van der Waals surface area contributed by atoms with Crippen LogP contribution in [0.15, 0.2) is 0 Å². The molecule has 0 N–H and O–H groups in total. The first-order valence-electron chi connectivity index (χ1n) is 5.93. The summed E-state index contributed by atoms with van der Waals surface area (Å²) in [6.45, 7) is 2.04. The van der Waals surface area contributed by atoms with Crippen LogP contribution in [-0.4, -0.2) is 25.7 Å². The molecule has 0 radical (unpaired) electrons. The van der Waals surface area contributed by atoms with Crippen LogP contribution in [0.25, 0.3) is 0 Å². The number of carbonyl (C=O) groups excluding carboxylic acids is 2. The Morgan fingerprint density at radius 2 is 1.88 bits per heavy atom. The fraction of sp³-hybridized carbons (Fsp3) is 0.833. The Morgan fingerprint density at radius 1 is 1.25 bits per heavy atom. The molecule has 92 valence electrons. The van der Waals surface area contributed by atoms with Crippen molar-refractivity contribution in [1.29, 1.82) is 0 Å². The summed E-state index contributed by atoms with van der Waals surface area (Å²) in [6.07, 6.45) is 5.17. The quantitative estimate of drug-likeness (QED) is 0.533. The number of hydrogen-bond donors (Lipinski definition) is 0. The van der Waals surface area contributed by atoms with Crippen molar-refractivity contribution in [3.63, 3.8) is 0 Å². The Labute approximate surface area is 96.3 Å². The average Bonchev–Trinajstić information content (AvgIpc) is 2.78. The molecule has 0 aromatic carbocycles. The van der Waals surface area contributed by atoms with Crippen molar-refractivity contribution < 1.29 is 19.1 Å². The predicted octanol–water partition coefficient (Wildman–Crippen LogP) is 1.92. The fourth-order valence-electron chi connectivity index (χ4n) is 2.25. The maximum Gasteiger partial charge on any atom is 0.320 e. The molecule has 0 aromatic rings. The molecule has 1 saturated carbocycles. The highest BCUT2D eigenvalue weighted by Crippen LogP contribution is 2.31. The third kappa shape index (κ3) is 3.51. The van der Waals surface area contributed by atoms with E-state index < -0.39 is 17.9 Å². The normalized spacial score (nSPS) is 18.1. The van der Waals surface area contributed by atoms with E-state index in [1.54, 1.807) is 6.92 Å². The number of esters is 2. The van der Waals surface area contributed by atoms with Gasteiger partial charge in [-0.05, 0) is 19.3 Å². The van der Waals surface area contributed by atoms with Crippen LogP contribution in [-0.2, 0) is 19.1 Å². The molecule has 0 heterocycles. The lowest BCUT2D eigenvalue weighted by Gasteiger charge is -2.16. The summed E-state index contributed by atoms with van der Waals surface area (Å²) in [5, 5.41) is 0. The second kappa shape index (κ2) is 6.51. The van der Waals surface area contributed by atoms with E-state index in [1.807, 2.05) is 0 Å². The van der Waals surface area contributed by atoms with Crippen molar-refractivity contribution in [3.8, 4) is 0 Å². The van der Waals surface area contributed by atoms with Gasteiger partial charge in [-0.3, -0.25) is 9.59 Å². The van der Waals surface area contributed by atoms with E-state index in [2.05, 4.69) is 4.74 Å². The maximum atomic E-state index is 11.6. The monoisotopic (exact) mass is 228 g/mol. The van der Waals surface area contributed by atoms with Gasteiger partial charge < -0.3 is 9.47 Å². The van der Waals surface area contributed by atoms with Gasteiger partial charge in [0, 0.05) is 0 Å². The molecule has 1 unspecified atom stereocenters. The molecule has 0 aromatic heterocycles. The third-order valence-corrected chi connectivity index (χ3v) is 3.10. The second-order valence-electron chi connectivity index (χ2n) is 4.21. The van der Waals surface area contributed by atoms with Crippen LogP contribution in [0.4, 0.5) is 0 Å². The summed E-state index contributed by atoms with van der Waals surface area (Å²) in [6, 6.07) is 0. The smallest absolute Gasteiger partial charge is 0.320 e. The summed E-state index contributed by atoms with van der Waals surface area (Å²) in [5.41, 5.74) is 0. The molecule has 1 rings (SSSR count). The Hall–Kier alpha value is -1.06. The molecule has 1 aliphatic carbocycles. The van der Waals surface area contributed by atoms with E-state index in [0.29, 0.717) is 18.9 Å². The van der Waals surface area contributed by atoms with Crippen molar-refractivity contribution in [1.82, 2.24) is 0 Å². The molecule has 16 heavy (non-hydrogen) atoms. The summed E-state index contributed by atoms with van der Waals surface area (Å²) >= 11 is 0.